The molecule has 0 aliphatic carbocycles. The van der Waals surface area contributed by atoms with Gasteiger partial charge in [-0.25, -0.2) is 15.0 Å². The Bertz CT molecular complexity index is 1260. The largest absolute Gasteiger partial charge is 0.508 e. The maximum Gasteiger partial charge on any atom is 0.248 e. The van der Waals surface area contributed by atoms with Crippen molar-refractivity contribution in [2.24, 2.45) is 5.73 Å². The number of rotatable bonds is 6. The number of pyridine rings is 1. The smallest absolute Gasteiger partial charge is 0.248 e. The number of carbonyl (C=O) groups excluding carboxylic acids is 1. The van der Waals surface area contributed by atoms with Gasteiger partial charge >= 0.3 is 0 Å². The molecule has 0 aliphatic heterocycles. The Labute approximate surface area is 183 Å². The summed E-state index contributed by atoms with van der Waals surface area (Å²) in [6.45, 7) is 4.16. The second kappa shape index (κ2) is 8.61. The second-order valence-corrected chi connectivity index (χ2v) is 8.40. The van der Waals surface area contributed by atoms with Gasteiger partial charge in [0.05, 0.1) is 11.1 Å². The summed E-state index contributed by atoms with van der Waals surface area (Å²) in [6.07, 6.45) is 1.46. The number of hydrogen-bond donors (Lipinski definition) is 3. The lowest BCUT2D eigenvalue weighted by Gasteiger charge is -2.14. The SMILES string of the molecule is CC(C)c1ccc2c(Nc3cc(C(N)=O)ccc3Sc3ccc(O)cc3)ncnc2n1. The molecule has 1 amide bonds. The van der Waals surface area contributed by atoms with Crippen molar-refractivity contribution < 1.29 is 9.90 Å². The van der Waals surface area contributed by atoms with Gasteiger partial charge < -0.3 is 16.2 Å². The fourth-order valence-electron chi connectivity index (χ4n) is 3.02. The third kappa shape index (κ3) is 4.59. The molecule has 0 fully saturated rings. The Morgan fingerprint density at radius 1 is 1.06 bits per heavy atom. The molecule has 4 aromatic rings. The third-order valence-corrected chi connectivity index (χ3v) is 5.78. The van der Waals surface area contributed by atoms with Crippen LogP contribution in [0, 0.1) is 0 Å². The van der Waals surface area contributed by atoms with E-state index in [4.69, 9.17) is 5.73 Å². The molecule has 2 aromatic heterocycles. The van der Waals surface area contributed by atoms with Crippen molar-refractivity contribution in [3.63, 3.8) is 0 Å². The predicted molar refractivity (Wildman–Crippen MR) is 122 cm³/mol. The first-order valence-corrected chi connectivity index (χ1v) is 10.5. The van der Waals surface area contributed by atoms with Crippen LogP contribution in [0.5, 0.6) is 5.75 Å². The first kappa shape index (κ1) is 20.6. The number of nitrogens with two attached hydrogens (primary N) is 1. The Kier molecular flexibility index (Phi) is 5.73. The second-order valence-electron chi connectivity index (χ2n) is 7.28. The van der Waals surface area contributed by atoms with Gasteiger partial charge in [-0.1, -0.05) is 25.6 Å². The molecule has 2 aromatic carbocycles. The number of primary amides is 1. The monoisotopic (exact) mass is 431 g/mol. The highest BCUT2D eigenvalue weighted by Crippen LogP contribution is 2.36. The average Bonchev–Trinajstić information content (AvgIpc) is 2.76. The molecule has 0 bridgehead atoms. The number of anilines is 2. The first-order chi connectivity index (χ1) is 14.9. The number of nitrogens with one attached hydrogen (secondary N) is 1. The van der Waals surface area contributed by atoms with E-state index in [-0.39, 0.29) is 11.7 Å². The Balaban J connectivity index is 1.75. The highest BCUT2D eigenvalue weighted by molar-refractivity contribution is 7.99. The van der Waals surface area contributed by atoms with Gasteiger partial charge in [0.1, 0.15) is 17.9 Å². The van der Waals surface area contributed by atoms with Crippen LogP contribution in [-0.2, 0) is 0 Å². The molecular formula is C23H21N5O2S. The van der Waals surface area contributed by atoms with Crippen molar-refractivity contribution >= 4 is 40.2 Å². The number of fused-ring (bicyclic) bond motifs is 1. The molecular weight excluding hydrogens is 410 g/mol. The molecule has 0 atom stereocenters. The average molecular weight is 432 g/mol. The van der Waals surface area contributed by atoms with Gasteiger partial charge in [0.15, 0.2) is 5.65 Å². The molecule has 2 heterocycles. The van der Waals surface area contributed by atoms with Crippen molar-refractivity contribution in [1.29, 1.82) is 0 Å². The lowest BCUT2D eigenvalue weighted by atomic mass is 10.1. The number of amides is 1. The van der Waals surface area contributed by atoms with E-state index in [1.807, 2.05) is 30.3 Å². The van der Waals surface area contributed by atoms with Crippen LogP contribution in [0.3, 0.4) is 0 Å². The van der Waals surface area contributed by atoms with Gasteiger partial charge in [0.2, 0.25) is 5.91 Å². The summed E-state index contributed by atoms with van der Waals surface area (Å²) in [6, 6.07) is 16.0. The number of phenolic OH excluding ortho intramolecular Hbond substituents is 1. The fraction of sp³-hybridized carbons (Fsp3) is 0.130. The zero-order chi connectivity index (χ0) is 22.0. The molecule has 0 aliphatic rings. The summed E-state index contributed by atoms with van der Waals surface area (Å²) < 4.78 is 0. The number of nitrogens with zero attached hydrogens (tertiary/aromatic N) is 3. The number of benzene rings is 2. The van der Waals surface area contributed by atoms with Crippen molar-refractivity contribution in [1.82, 2.24) is 15.0 Å². The van der Waals surface area contributed by atoms with E-state index in [0.717, 1.165) is 20.9 Å². The number of aromatic nitrogens is 3. The maximum atomic E-state index is 11.8. The summed E-state index contributed by atoms with van der Waals surface area (Å²) in [5, 5.41) is 13.6. The highest BCUT2D eigenvalue weighted by Gasteiger charge is 2.13. The number of carbonyl (C=O) groups is 1. The normalized spacial score (nSPS) is 11.1. The van der Waals surface area contributed by atoms with Crippen LogP contribution in [0.15, 0.2) is 70.7 Å². The molecule has 0 saturated carbocycles. The quantitative estimate of drug-likeness (QED) is 0.400. The highest BCUT2D eigenvalue weighted by atomic mass is 32.2. The maximum absolute atomic E-state index is 11.8. The Morgan fingerprint density at radius 2 is 1.84 bits per heavy atom. The summed E-state index contributed by atoms with van der Waals surface area (Å²) >= 11 is 1.49. The Morgan fingerprint density at radius 3 is 2.55 bits per heavy atom. The van der Waals surface area contributed by atoms with E-state index in [1.165, 1.54) is 18.1 Å². The van der Waals surface area contributed by atoms with Crippen LogP contribution in [0.2, 0.25) is 0 Å². The molecule has 0 saturated heterocycles. The van der Waals surface area contributed by atoms with Crippen molar-refractivity contribution in [2.45, 2.75) is 29.6 Å². The lowest BCUT2D eigenvalue weighted by Crippen LogP contribution is -2.11. The van der Waals surface area contributed by atoms with Crippen LogP contribution >= 0.6 is 11.8 Å². The van der Waals surface area contributed by atoms with Crippen molar-refractivity contribution in [2.75, 3.05) is 5.32 Å². The lowest BCUT2D eigenvalue weighted by molar-refractivity contribution is 0.1000. The standard InChI is InChI=1S/C23H21N5O2S/c1-13(2)18-9-8-17-22(27-18)25-12-26-23(17)28-19-11-14(21(24)30)3-10-20(19)31-16-6-4-15(29)5-7-16/h3-13,29H,1-2H3,(H2,24,30)(H,25,26,27,28). The molecule has 0 radical (unpaired) electrons. The van der Waals surface area contributed by atoms with E-state index < -0.39 is 5.91 Å². The van der Waals surface area contributed by atoms with Crippen LogP contribution in [0.4, 0.5) is 11.5 Å². The zero-order valence-electron chi connectivity index (χ0n) is 17.0. The molecule has 8 heteroatoms. The van der Waals surface area contributed by atoms with E-state index in [0.29, 0.717) is 22.7 Å². The van der Waals surface area contributed by atoms with Crippen LogP contribution in [-0.4, -0.2) is 26.0 Å². The van der Waals surface area contributed by atoms with E-state index in [9.17, 15) is 9.90 Å². The molecule has 0 unspecified atom stereocenters. The van der Waals surface area contributed by atoms with Gasteiger partial charge in [-0.3, -0.25) is 4.79 Å². The topological polar surface area (TPSA) is 114 Å². The summed E-state index contributed by atoms with van der Waals surface area (Å²) in [4.78, 5) is 26.9. The number of hydrogen-bond acceptors (Lipinski definition) is 7. The minimum atomic E-state index is -0.514. The van der Waals surface area contributed by atoms with E-state index in [2.05, 4.69) is 34.1 Å². The molecule has 31 heavy (non-hydrogen) atoms. The van der Waals surface area contributed by atoms with Crippen molar-refractivity contribution in [3.05, 3.63) is 72.2 Å². The Hall–Kier alpha value is -3.65. The van der Waals surface area contributed by atoms with Gasteiger partial charge in [0, 0.05) is 21.0 Å². The van der Waals surface area contributed by atoms with Crippen LogP contribution in [0.1, 0.15) is 35.8 Å². The van der Waals surface area contributed by atoms with E-state index >= 15 is 0 Å². The predicted octanol–water partition coefficient (Wildman–Crippen LogP) is 4.85. The first-order valence-electron chi connectivity index (χ1n) is 9.70. The molecule has 7 nitrogen and oxygen atoms in total. The summed E-state index contributed by atoms with van der Waals surface area (Å²) in [5.74, 6) is 0.561. The van der Waals surface area contributed by atoms with E-state index in [1.54, 1.807) is 24.3 Å². The van der Waals surface area contributed by atoms with Gasteiger partial charge in [-0.15, -0.1) is 0 Å². The van der Waals surface area contributed by atoms with Crippen LogP contribution < -0.4 is 11.1 Å². The van der Waals surface area contributed by atoms with Gasteiger partial charge in [-0.2, -0.15) is 0 Å². The molecule has 4 N–H and O–H groups in total. The molecule has 156 valence electrons. The molecule has 4 rings (SSSR count). The summed E-state index contributed by atoms with van der Waals surface area (Å²) in [7, 11) is 0. The van der Waals surface area contributed by atoms with Crippen molar-refractivity contribution in [3.8, 4) is 5.75 Å². The minimum Gasteiger partial charge on any atom is -0.508 e. The van der Waals surface area contributed by atoms with Gasteiger partial charge in [-0.05, 0) is 60.5 Å². The van der Waals surface area contributed by atoms with Crippen LogP contribution in [0.25, 0.3) is 11.0 Å². The summed E-state index contributed by atoms with van der Waals surface area (Å²) in [5.41, 5.74) is 8.12. The number of aromatic hydroxyl groups is 1. The molecule has 0 spiro atoms. The fourth-order valence-corrected chi connectivity index (χ4v) is 3.90. The minimum absolute atomic E-state index is 0.201. The number of phenols is 1. The third-order valence-electron chi connectivity index (χ3n) is 4.69. The zero-order valence-corrected chi connectivity index (χ0v) is 17.9. The van der Waals surface area contributed by atoms with Gasteiger partial charge in [0.25, 0.3) is 0 Å².